The quantitative estimate of drug-likeness (QED) is 0.358. The van der Waals surface area contributed by atoms with Crippen LogP contribution in [0.2, 0.25) is 0 Å². The van der Waals surface area contributed by atoms with Gasteiger partial charge in [-0.05, 0) is 32.1 Å². The van der Waals surface area contributed by atoms with Gasteiger partial charge in [-0.25, -0.2) is 0 Å². The van der Waals surface area contributed by atoms with Gasteiger partial charge in [-0.15, -0.1) is 0 Å². The maximum atomic E-state index is 10.4. The molecule has 1 aliphatic rings. The number of aliphatic hydroxyl groups excluding tert-OH is 3. The maximum absolute atomic E-state index is 10.4. The molecule has 0 saturated carbocycles. The van der Waals surface area contributed by atoms with E-state index in [1.165, 1.54) is 0 Å². The number of aliphatic carboxylic acids is 1. The first kappa shape index (κ1) is 24.3. The molecule has 0 aromatic carbocycles. The molecule has 4 N–H and O–H groups in total. The highest BCUT2D eigenvalue weighted by molar-refractivity contribution is 5.66. The Balaban J connectivity index is 2.34. The topological polar surface area (TPSA) is 107 Å². The monoisotopic (exact) mass is 394 g/mol. The average Bonchev–Trinajstić information content (AvgIpc) is 3.03. The SMILES string of the molecule is CC/C=C\C/C=C\C[C@@H](O)/C=C/[C@H]1O[C@H]([C@H](O)C/C=C\CCC(=O)O)C[C@@H]1O. The zero-order valence-corrected chi connectivity index (χ0v) is 16.6. The third kappa shape index (κ3) is 10.6. The van der Waals surface area contributed by atoms with Crippen molar-refractivity contribution in [1.29, 1.82) is 0 Å². The van der Waals surface area contributed by atoms with Crippen LogP contribution in [-0.2, 0) is 9.53 Å². The van der Waals surface area contributed by atoms with Crippen molar-refractivity contribution in [2.24, 2.45) is 0 Å². The fraction of sp³-hybridized carbons (Fsp3) is 0.591. The minimum absolute atomic E-state index is 0.0606. The smallest absolute Gasteiger partial charge is 0.303 e. The van der Waals surface area contributed by atoms with Gasteiger partial charge >= 0.3 is 5.97 Å². The van der Waals surface area contributed by atoms with E-state index >= 15 is 0 Å². The van der Waals surface area contributed by atoms with Crippen LogP contribution in [0.15, 0.2) is 48.6 Å². The van der Waals surface area contributed by atoms with Gasteiger partial charge in [0.15, 0.2) is 0 Å². The fourth-order valence-corrected chi connectivity index (χ4v) is 2.84. The van der Waals surface area contributed by atoms with Gasteiger partial charge in [-0.1, -0.05) is 55.5 Å². The highest BCUT2D eigenvalue weighted by atomic mass is 16.5. The van der Waals surface area contributed by atoms with E-state index in [0.717, 1.165) is 12.8 Å². The van der Waals surface area contributed by atoms with E-state index in [1.807, 2.05) is 12.2 Å². The van der Waals surface area contributed by atoms with Crippen molar-refractivity contribution in [1.82, 2.24) is 0 Å². The van der Waals surface area contributed by atoms with E-state index in [2.05, 4.69) is 19.1 Å². The summed E-state index contributed by atoms with van der Waals surface area (Å²) in [6.07, 6.45) is 15.1. The molecule has 0 aromatic heterocycles. The van der Waals surface area contributed by atoms with E-state index in [1.54, 1.807) is 24.3 Å². The van der Waals surface area contributed by atoms with Crippen molar-refractivity contribution in [2.75, 3.05) is 0 Å². The Kier molecular flexibility index (Phi) is 12.4. The largest absolute Gasteiger partial charge is 0.481 e. The second-order valence-electron chi connectivity index (χ2n) is 6.92. The summed E-state index contributed by atoms with van der Waals surface area (Å²) in [5.74, 6) is -0.854. The molecule has 0 radical (unpaired) electrons. The van der Waals surface area contributed by atoms with Crippen LogP contribution in [0.4, 0.5) is 0 Å². The van der Waals surface area contributed by atoms with Crippen molar-refractivity contribution in [3.63, 3.8) is 0 Å². The predicted molar refractivity (Wildman–Crippen MR) is 109 cm³/mol. The first-order chi connectivity index (χ1) is 13.4. The number of aliphatic hydroxyl groups is 3. The van der Waals surface area contributed by atoms with Crippen LogP contribution >= 0.6 is 0 Å². The fourth-order valence-electron chi connectivity index (χ4n) is 2.84. The van der Waals surface area contributed by atoms with Gasteiger partial charge in [-0.3, -0.25) is 4.79 Å². The normalized spacial score (nSPS) is 25.5. The van der Waals surface area contributed by atoms with Crippen LogP contribution in [0.3, 0.4) is 0 Å². The van der Waals surface area contributed by atoms with Crippen LogP contribution in [0.1, 0.15) is 51.9 Å². The number of carboxylic acids is 1. The van der Waals surface area contributed by atoms with Crippen LogP contribution < -0.4 is 0 Å². The summed E-state index contributed by atoms with van der Waals surface area (Å²) in [4.78, 5) is 10.4. The van der Waals surface area contributed by atoms with Crippen LogP contribution in [0, 0.1) is 0 Å². The van der Waals surface area contributed by atoms with E-state index in [0.29, 0.717) is 25.7 Å². The second-order valence-corrected chi connectivity index (χ2v) is 6.92. The van der Waals surface area contributed by atoms with Gasteiger partial charge in [0.1, 0.15) is 6.10 Å². The van der Waals surface area contributed by atoms with Crippen molar-refractivity contribution >= 4 is 5.97 Å². The molecule has 5 atom stereocenters. The number of hydrogen-bond acceptors (Lipinski definition) is 5. The third-order valence-electron chi connectivity index (χ3n) is 4.42. The van der Waals surface area contributed by atoms with E-state index in [-0.39, 0.29) is 6.42 Å². The zero-order chi connectivity index (χ0) is 20.8. The molecule has 0 bridgehead atoms. The molecule has 1 aliphatic heterocycles. The highest BCUT2D eigenvalue weighted by Gasteiger charge is 2.35. The molecule has 1 fully saturated rings. The summed E-state index contributed by atoms with van der Waals surface area (Å²) in [6.45, 7) is 2.08. The van der Waals surface area contributed by atoms with E-state index < -0.39 is 36.5 Å². The Hall–Kier alpha value is -1.73. The first-order valence-electron chi connectivity index (χ1n) is 9.98. The molecule has 158 valence electrons. The molecular formula is C22H34O6. The standard InChI is InChI=1S/C22H34O6/c1-2-3-4-5-6-8-11-17(23)14-15-20-19(25)16-21(28-20)18(24)12-9-7-10-13-22(26)27/h3-4,6-9,14-15,17-21,23-25H,2,5,10-13,16H2,1H3,(H,26,27)/b4-3-,8-6-,9-7-,15-14+/t17-,18-,19+,20-,21+/m1/s1. The highest BCUT2D eigenvalue weighted by Crippen LogP contribution is 2.25. The predicted octanol–water partition coefficient (Wildman–Crippen LogP) is 2.90. The molecule has 28 heavy (non-hydrogen) atoms. The molecule has 1 heterocycles. The summed E-state index contributed by atoms with van der Waals surface area (Å²) in [6, 6.07) is 0. The lowest BCUT2D eigenvalue weighted by Gasteiger charge is -2.16. The van der Waals surface area contributed by atoms with Crippen molar-refractivity contribution in [3.05, 3.63) is 48.6 Å². The number of ether oxygens (including phenoxy) is 1. The summed E-state index contributed by atoms with van der Waals surface area (Å²) in [5.41, 5.74) is 0. The van der Waals surface area contributed by atoms with E-state index in [9.17, 15) is 20.1 Å². The van der Waals surface area contributed by atoms with Gasteiger partial charge < -0.3 is 25.2 Å². The first-order valence-corrected chi connectivity index (χ1v) is 9.98. The molecule has 0 aliphatic carbocycles. The third-order valence-corrected chi connectivity index (χ3v) is 4.42. The van der Waals surface area contributed by atoms with Gasteiger partial charge in [0.05, 0.1) is 24.4 Å². The van der Waals surface area contributed by atoms with Gasteiger partial charge in [0, 0.05) is 12.8 Å². The minimum atomic E-state index is -0.854. The second kappa shape index (κ2) is 14.3. The van der Waals surface area contributed by atoms with Gasteiger partial charge in [0.25, 0.3) is 0 Å². The number of allylic oxidation sites excluding steroid dienone is 4. The number of hydrogen-bond donors (Lipinski definition) is 4. The Bertz CT molecular complexity index is 551. The molecule has 1 rings (SSSR count). The van der Waals surface area contributed by atoms with E-state index in [4.69, 9.17) is 9.84 Å². The van der Waals surface area contributed by atoms with Crippen molar-refractivity contribution in [3.8, 4) is 0 Å². The molecule has 0 amide bonds. The summed E-state index contributed by atoms with van der Waals surface area (Å²) in [5, 5.41) is 38.9. The lowest BCUT2D eigenvalue weighted by Crippen LogP contribution is -2.25. The summed E-state index contributed by atoms with van der Waals surface area (Å²) >= 11 is 0. The Labute approximate surface area is 167 Å². The number of carbonyl (C=O) groups is 1. The van der Waals surface area contributed by atoms with Gasteiger partial charge in [0.2, 0.25) is 0 Å². The Morgan fingerprint density at radius 1 is 1.11 bits per heavy atom. The zero-order valence-electron chi connectivity index (χ0n) is 16.6. The molecule has 0 spiro atoms. The molecule has 1 saturated heterocycles. The molecule has 6 nitrogen and oxygen atoms in total. The molecule has 6 heteroatoms. The number of carboxylic acid groups (broad SMARTS) is 1. The lowest BCUT2D eigenvalue weighted by atomic mass is 10.0. The van der Waals surface area contributed by atoms with Gasteiger partial charge in [-0.2, -0.15) is 0 Å². The Morgan fingerprint density at radius 2 is 1.82 bits per heavy atom. The summed E-state index contributed by atoms with van der Waals surface area (Å²) in [7, 11) is 0. The molecular weight excluding hydrogens is 360 g/mol. The van der Waals surface area contributed by atoms with Crippen LogP contribution in [0.5, 0.6) is 0 Å². The number of rotatable bonds is 13. The van der Waals surface area contributed by atoms with Crippen LogP contribution in [0.25, 0.3) is 0 Å². The summed E-state index contributed by atoms with van der Waals surface area (Å²) < 4.78 is 5.70. The average molecular weight is 395 g/mol. The Morgan fingerprint density at radius 3 is 2.54 bits per heavy atom. The molecule has 0 unspecified atom stereocenters. The minimum Gasteiger partial charge on any atom is -0.481 e. The van der Waals surface area contributed by atoms with Crippen molar-refractivity contribution in [2.45, 2.75) is 82.4 Å². The molecule has 0 aromatic rings. The van der Waals surface area contributed by atoms with Crippen molar-refractivity contribution < 1.29 is 30.0 Å². The maximum Gasteiger partial charge on any atom is 0.303 e. The lowest BCUT2D eigenvalue weighted by molar-refractivity contribution is -0.136. The van der Waals surface area contributed by atoms with Crippen LogP contribution in [-0.4, -0.2) is 56.9 Å².